The topological polar surface area (TPSA) is 48.3 Å². The second-order valence-electron chi connectivity index (χ2n) is 7.09. The maximum Gasteiger partial charge on any atom is 0.416 e. The van der Waals surface area contributed by atoms with Gasteiger partial charge in [0.2, 0.25) is 0 Å². The number of anilines is 1. The number of hydrogen-bond acceptors (Lipinski definition) is 4. The first kappa shape index (κ1) is 20.1. The summed E-state index contributed by atoms with van der Waals surface area (Å²) in [4.78, 5) is 0. The van der Waals surface area contributed by atoms with E-state index in [2.05, 4.69) is 5.32 Å². The largest absolute Gasteiger partial charge is 0.493 e. The second-order valence-corrected chi connectivity index (χ2v) is 7.09. The average molecular weight is 417 g/mol. The van der Waals surface area contributed by atoms with Crippen molar-refractivity contribution in [3.8, 4) is 28.4 Å². The highest BCUT2D eigenvalue weighted by molar-refractivity contribution is 5.73. The molecule has 0 radical (unpaired) electrons. The Morgan fingerprint density at radius 3 is 2.37 bits per heavy atom. The van der Waals surface area contributed by atoms with Crippen LogP contribution >= 0.6 is 0 Å². The average Bonchev–Trinajstić information content (AvgIpc) is 2.93. The third-order valence-corrected chi connectivity index (χ3v) is 5.23. The number of aromatic nitrogens is 2. The first-order valence-corrected chi connectivity index (χ1v) is 9.68. The molecule has 0 atom stereocenters. The van der Waals surface area contributed by atoms with Gasteiger partial charge in [0.1, 0.15) is 5.82 Å². The van der Waals surface area contributed by atoms with Crippen LogP contribution in [0.25, 0.3) is 16.9 Å². The number of hydrogen-bond donors (Lipinski definition) is 1. The summed E-state index contributed by atoms with van der Waals surface area (Å²) in [5.74, 6) is 2.03. The van der Waals surface area contributed by atoms with Gasteiger partial charge < -0.3 is 14.8 Å². The van der Waals surface area contributed by atoms with Crippen LogP contribution in [0.2, 0.25) is 0 Å². The van der Waals surface area contributed by atoms with Gasteiger partial charge in [0.05, 0.1) is 31.2 Å². The van der Waals surface area contributed by atoms with E-state index in [9.17, 15) is 13.2 Å². The summed E-state index contributed by atoms with van der Waals surface area (Å²) in [6.07, 6.45) is -1.54. The van der Waals surface area contributed by atoms with Crippen molar-refractivity contribution in [1.82, 2.24) is 9.78 Å². The number of nitrogens with zero attached hydrogens (tertiary/aromatic N) is 2. The quantitative estimate of drug-likeness (QED) is 0.624. The van der Waals surface area contributed by atoms with E-state index >= 15 is 0 Å². The molecule has 1 N–H and O–H groups in total. The highest BCUT2D eigenvalue weighted by atomic mass is 19.4. The summed E-state index contributed by atoms with van der Waals surface area (Å²) < 4.78 is 51.3. The molecule has 0 amide bonds. The Balaban J connectivity index is 1.83. The smallest absolute Gasteiger partial charge is 0.416 e. The fourth-order valence-electron chi connectivity index (χ4n) is 3.70. The monoisotopic (exact) mass is 417 g/mol. The summed E-state index contributed by atoms with van der Waals surface area (Å²) in [7, 11) is 3.15. The molecule has 2 heterocycles. The first-order valence-electron chi connectivity index (χ1n) is 9.68. The molecule has 30 heavy (non-hydrogen) atoms. The molecular weight excluding hydrogens is 395 g/mol. The summed E-state index contributed by atoms with van der Waals surface area (Å²) in [5, 5.41) is 8.17. The molecule has 4 rings (SSSR count). The number of rotatable bonds is 4. The molecule has 3 aromatic rings. The van der Waals surface area contributed by atoms with Gasteiger partial charge in [-0.15, -0.1) is 0 Å². The zero-order valence-corrected chi connectivity index (χ0v) is 16.7. The molecule has 0 fully saturated rings. The van der Waals surface area contributed by atoms with Gasteiger partial charge in [0.25, 0.3) is 0 Å². The number of ether oxygens (including phenoxy) is 2. The lowest BCUT2D eigenvalue weighted by Crippen LogP contribution is -2.08. The van der Waals surface area contributed by atoms with Crippen molar-refractivity contribution in [2.75, 3.05) is 26.1 Å². The van der Waals surface area contributed by atoms with E-state index in [-0.39, 0.29) is 0 Å². The predicted octanol–water partition coefficient (Wildman–Crippen LogP) is 5.32. The van der Waals surface area contributed by atoms with Crippen LogP contribution in [0.3, 0.4) is 0 Å². The van der Waals surface area contributed by atoms with E-state index in [0.29, 0.717) is 17.2 Å². The number of methoxy groups -OCH3 is 2. The van der Waals surface area contributed by atoms with Crippen LogP contribution in [-0.2, 0) is 12.6 Å². The second kappa shape index (κ2) is 7.93. The standard InChI is InChI=1S/C22H22F3N3O2/c1-29-18-11-6-14(13-19(18)30-2)20-17-5-3-4-12-26-21(17)28(27-20)16-9-7-15(8-10-16)22(23,24)25/h6-11,13,26H,3-5,12H2,1-2H3. The van der Waals surface area contributed by atoms with Crippen LogP contribution in [0, 0.1) is 0 Å². The van der Waals surface area contributed by atoms with Gasteiger partial charge in [-0.3, -0.25) is 0 Å². The van der Waals surface area contributed by atoms with E-state index in [0.717, 1.165) is 60.6 Å². The minimum absolute atomic E-state index is 0.570. The van der Waals surface area contributed by atoms with Crippen molar-refractivity contribution < 1.29 is 22.6 Å². The molecule has 0 unspecified atom stereocenters. The molecule has 1 aromatic heterocycles. The molecular formula is C22H22F3N3O2. The molecule has 0 saturated carbocycles. The van der Waals surface area contributed by atoms with Gasteiger partial charge in [0, 0.05) is 17.7 Å². The Bertz CT molecular complexity index is 1040. The van der Waals surface area contributed by atoms with E-state index in [1.54, 1.807) is 18.9 Å². The molecule has 2 aromatic carbocycles. The Morgan fingerprint density at radius 1 is 0.967 bits per heavy atom. The Morgan fingerprint density at radius 2 is 1.70 bits per heavy atom. The molecule has 8 heteroatoms. The zero-order valence-electron chi connectivity index (χ0n) is 16.7. The fourth-order valence-corrected chi connectivity index (χ4v) is 3.70. The van der Waals surface area contributed by atoms with E-state index in [1.807, 2.05) is 18.2 Å². The lowest BCUT2D eigenvalue weighted by atomic mass is 10.0. The van der Waals surface area contributed by atoms with Crippen LogP contribution in [0.1, 0.15) is 24.0 Å². The summed E-state index contributed by atoms with van der Waals surface area (Å²) in [6.45, 7) is 0.782. The summed E-state index contributed by atoms with van der Waals surface area (Å²) in [6, 6.07) is 10.6. The van der Waals surface area contributed by atoms with Gasteiger partial charge in [-0.25, -0.2) is 4.68 Å². The van der Waals surface area contributed by atoms with Gasteiger partial charge in [-0.2, -0.15) is 18.3 Å². The van der Waals surface area contributed by atoms with E-state index in [1.165, 1.54) is 12.1 Å². The minimum atomic E-state index is -4.37. The SMILES string of the molecule is COc1ccc(-c2nn(-c3ccc(C(F)(F)F)cc3)c3c2CCCCN3)cc1OC. The first-order chi connectivity index (χ1) is 14.4. The number of nitrogens with one attached hydrogen (secondary N) is 1. The molecule has 1 aliphatic heterocycles. The van der Waals surface area contributed by atoms with Crippen LogP contribution in [0.5, 0.6) is 11.5 Å². The molecule has 158 valence electrons. The van der Waals surface area contributed by atoms with E-state index in [4.69, 9.17) is 14.6 Å². The van der Waals surface area contributed by atoms with Gasteiger partial charge >= 0.3 is 6.18 Å². The molecule has 5 nitrogen and oxygen atoms in total. The maximum absolute atomic E-state index is 13.0. The number of fused-ring (bicyclic) bond motifs is 1. The van der Waals surface area contributed by atoms with Crippen molar-refractivity contribution in [3.63, 3.8) is 0 Å². The molecule has 0 bridgehead atoms. The summed E-state index contributed by atoms with van der Waals surface area (Å²) >= 11 is 0. The van der Waals surface area contributed by atoms with Crippen molar-refractivity contribution in [2.24, 2.45) is 0 Å². The van der Waals surface area contributed by atoms with E-state index < -0.39 is 11.7 Å². The maximum atomic E-state index is 13.0. The summed E-state index contributed by atoms with van der Waals surface area (Å²) in [5.41, 5.74) is 2.57. The van der Waals surface area contributed by atoms with Crippen molar-refractivity contribution in [2.45, 2.75) is 25.4 Å². The molecule has 0 spiro atoms. The van der Waals surface area contributed by atoms with Gasteiger partial charge in [0.15, 0.2) is 11.5 Å². The molecule has 1 aliphatic rings. The van der Waals surface area contributed by atoms with Crippen LogP contribution in [-0.4, -0.2) is 30.5 Å². The van der Waals surface area contributed by atoms with Gasteiger partial charge in [-0.05, 0) is 61.7 Å². The zero-order chi connectivity index (χ0) is 21.3. The Hall–Kier alpha value is -3.16. The van der Waals surface area contributed by atoms with Crippen LogP contribution < -0.4 is 14.8 Å². The number of halogens is 3. The third kappa shape index (κ3) is 3.69. The minimum Gasteiger partial charge on any atom is -0.493 e. The highest BCUT2D eigenvalue weighted by Gasteiger charge is 2.30. The van der Waals surface area contributed by atoms with Crippen molar-refractivity contribution in [3.05, 3.63) is 53.6 Å². The normalized spacial score (nSPS) is 13.9. The van der Waals surface area contributed by atoms with Crippen molar-refractivity contribution in [1.29, 1.82) is 0 Å². The predicted molar refractivity (Wildman–Crippen MR) is 109 cm³/mol. The highest BCUT2D eigenvalue weighted by Crippen LogP contribution is 2.38. The Kier molecular flexibility index (Phi) is 5.32. The fraction of sp³-hybridized carbons (Fsp3) is 0.318. The van der Waals surface area contributed by atoms with Crippen LogP contribution in [0.4, 0.5) is 19.0 Å². The number of alkyl halides is 3. The lowest BCUT2D eigenvalue weighted by Gasteiger charge is -2.11. The van der Waals surface area contributed by atoms with Crippen LogP contribution in [0.15, 0.2) is 42.5 Å². The molecule has 0 aliphatic carbocycles. The molecule has 0 saturated heterocycles. The lowest BCUT2D eigenvalue weighted by molar-refractivity contribution is -0.137. The Labute approximate surface area is 172 Å². The third-order valence-electron chi connectivity index (χ3n) is 5.23. The number of benzene rings is 2. The van der Waals surface area contributed by atoms with Gasteiger partial charge in [-0.1, -0.05) is 0 Å². The van der Waals surface area contributed by atoms with Crippen molar-refractivity contribution >= 4 is 5.82 Å².